The Hall–Kier alpha value is -2.20. The van der Waals surface area contributed by atoms with Crippen molar-refractivity contribution < 1.29 is 4.74 Å². The van der Waals surface area contributed by atoms with Gasteiger partial charge < -0.3 is 4.74 Å². The minimum absolute atomic E-state index is 0.690. The quantitative estimate of drug-likeness (QED) is 0.742. The molecule has 0 unspecified atom stereocenters. The van der Waals surface area contributed by atoms with Gasteiger partial charge in [-0.25, -0.2) is 0 Å². The summed E-state index contributed by atoms with van der Waals surface area (Å²) in [5.41, 5.74) is 3.43. The van der Waals surface area contributed by atoms with E-state index in [0.29, 0.717) is 6.61 Å². The van der Waals surface area contributed by atoms with Gasteiger partial charge in [0.1, 0.15) is 5.75 Å². The first kappa shape index (κ1) is 14.2. The first-order chi connectivity index (χ1) is 9.81. The van der Waals surface area contributed by atoms with E-state index in [0.717, 1.165) is 23.3 Å². The summed E-state index contributed by atoms with van der Waals surface area (Å²) in [6.45, 7) is 4.87. The third-order valence-electron chi connectivity index (χ3n) is 3.01. The topological polar surface area (TPSA) is 9.23 Å². The molecule has 2 aromatic rings. The Morgan fingerprint density at radius 1 is 0.800 bits per heavy atom. The molecule has 0 N–H and O–H groups in total. The highest BCUT2D eigenvalue weighted by atomic mass is 16.5. The predicted molar refractivity (Wildman–Crippen MR) is 84.0 cm³/mol. The van der Waals surface area contributed by atoms with Gasteiger partial charge in [-0.2, -0.15) is 0 Å². The van der Waals surface area contributed by atoms with Crippen LogP contribution in [0.15, 0.2) is 48.5 Å². The van der Waals surface area contributed by atoms with Gasteiger partial charge in [0, 0.05) is 11.1 Å². The van der Waals surface area contributed by atoms with Crippen LogP contribution >= 0.6 is 0 Å². The molecule has 0 bridgehead atoms. The van der Waals surface area contributed by atoms with Crippen LogP contribution in [-0.4, -0.2) is 6.61 Å². The fourth-order valence-electron chi connectivity index (χ4n) is 1.99. The Balaban J connectivity index is 2.05. The van der Waals surface area contributed by atoms with E-state index < -0.39 is 0 Å². The second kappa shape index (κ2) is 7.40. The lowest BCUT2D eigenvalue weighted by molar-refractivity contribution is 0.340. The summed E-state index contributed by atoms with van der Waals surface area (Å²) in [4.78, 5) is 0. The maximum atomic E-state index is 5.41. The Morgan fingerprint density at radius 2 is 1.35 bits per heavy atom. The molecular formula is C19H20O. The van der Waals surface area contributed by atoms with Gasteiger partial charge in [0.05, 0.1) is 6.61 Å². The summed E-state index contributed by atoms with van der Waals surface area (Å²) in [5.74, 6) is 7.26. The van der Waals surface area contributed by atoms with E-state index in [1.54, 1.807) is 0 Å². The average Bonchev–Trinajstić information content (AvgIpc) is 2.49. The second-order valence-corrected chi connectivity index (χ2v) is 4.65. The van der Waals surface area contributed by atoms with Crippen LogP contribution in [0.3, 0.4) is 0 Å². The SMILES string of the molecule is CCCc1ccc(C#Cc2ccc(OCC)cc2)cc1. The molecule has 0 aliphatic carbocycles. The number of hydrogen-bond acceptors (Lipinski definition) is 1. The zero-order valence-electron chi connectivity index (χ0n) is 12.1. The number of hydrogen-bond donors (Lipinski definition) is 0. The van der Waals surface area contributed by atoms with E-state index in [2.05, 4.69) is 43.0 Å². The van der Waals surface area contributed by atoms with Gasteiger partial charge in [-0.1, -0.05) is 37.3 Å². The highest BCUT2D eigenvalue weighted by molar-refractivity contribution is 5.44. The third-order valence-corrected chi connectivity index (χ3v) is 3.01. The molecular weight excluding hydrogens is 244 g/mol. The summed E-state index contributed by atoms with van der Waals surface area (Å²) in [6.07, 6.45) is 2.31. The molecule has 0 aromatic heterocycles. The zero-order valence-corrected chi connectivity index (χ0v) is 12.1. The normalized spacial score (nSPS) is 9.70. The molecule has 102 valence electrons. The maximum Gasteiger partial charge on any atom is 0.119 e. The lowest BCUT2D eigenvalue weighted by Gasteiger charge is -2.01. The Bertz CT molecular complexity index is 529. The highest BCUT2D eigenvalue weighted by Gasteiger charge is 1.93. The van der Waals surface area contributed by atoms with Gasteiger partial charge in [0.2, 0.25) is 0 Å². The van der Waals surface area contributed by atoms with E-state index in [1.165, 1.54) is 12.0 Å². The molecule has 1 heteroatoms. The molecule has 0 amide bonds. The van der Waals surface area contributed by atoms with Crippen LogP contribution in [-0.2, 0) is 6.42 Å². The number of benzene rings is 2. The second-order valence-electron chi connectivity index (χ2n) is 4.65. The van der Waals surface area contributed by atoms with Crippen LogP contribution < -0.4 is 4.74 Å². The van der Waals surface area contributed by atoms with Gasteiger partial charge in [-0.05, 0) is 55.3 Å². The largest absolute Gasteiger partial charge is 0.494 e. The smallest absolute Gasteiger partial charge is 0.119 e. The molecule has 1 nitrogen and oxygen atoms in total. The van der Waals surface area contributed by atoms with Crippen LogP contribution in [0.4, 0.5) is 0 Å². The number of aryl methyl sites for hydroxylation is 1. The first-order valence-electron chi connectivity index (χ1n) is 7.15. The lowest BCUT2D eigenvalue weighted by Crippen LogP contribution is -1.90. The van der Waals surface area contributed by atoms with Crippen molar-refractivity contribution >= 4 is 0 Å². The third kappa shape index (κ3) is 4.17. The molecule has 0 saturated carbocycles. The van der Waals surface area contributed by atoms with Crippen LogP contribution in [0.25, 0.3) is 0 Å². The van der Waals surface area contributed by atoms with Crippen molar-refractivity contribution in [3.8, 4) is 17.6 Å². The maximum absolute atomic E-state index is 5.41. The van der Waals surface area contributed by atoms with Crippen molar-refractivity contribution in [2.45, 2.75) is 26.7 Å². The van der Waals surface area contributed by atoms with Crippen molar-refractivity contribution in [2.75, 3.05) is 6.61 Å². The van der Waals surface area contributed by atoms with Crippen LogP contribution in [0.2, 0.25) is 0 Å². The summed E-state index contributed by atoms with van der Waals surface area (Å²) >= 11 is 0. The Kier molecular flexibility index (Phi) is 5.26. The molecule has 0 spiro atoms. The van der Waals surface area contributed by atoms with Crippen LogP contribution in [0, 0.1) is 11.8 Å². The first-order valence-corrected chi connectivity index (χ1v) is 7.15. The molecule has 2 rings (SSSR count). The molecule has 20 heavy (non-hydrogen) atoms. The predicted octanol–water partition coefficient (Wildman–Crippen LogP) is 4.44. The monoisotopic (exact) mass is 264 g/mol. The standard InChI is InChI=1S/C19H20O/c1-3-5-16-6-8-17(9-7-16)10-11-18-12-14-19(15-13-18)20-4-2/h6-9,12-15H,3-5H2,1-2H3. The van der Waals surface area contributed by atoms with E-state index >= 15 is 0 Å². The van der Waals surface area contributed by atoms with Crippen molar-refractivity contribution in [3.63, 3.8) is 0 Å². The van der Waals surface area contributed by atoms with Crippen molar-refractivity contribution in [2.24, 2.45) is 0 Å². The molecule has 0 heterocycles. The molecule has 0 atom stereocenters. The molecule has 0 aliphatic heterocycles. The molecule has 0 aliphatic rings. The molecule has 2 aromatic carbocycles. The summed E-state index contributed by atoms with van der Waals surface area (Å²) in [5, 5.41) is 0. The van der Waals surface area contributed by atoms with Crippen molar-refractivity contribution in [1.29, 1.82) is 0 Å². The zero-order chi connectivity index (χ0) is 14.2. The Morgan fingerprint density at radius 3 is 1.85 bits per heavy atom. The van der Waals surface area contributed by atoms with Gasteiger partial charge >= 0.3 is 0 Å². The van der Waals surface area contributed by atoms with E-state index in [4.69, 9.17) is 4.74 Å². The number of ether oxygens (including phenoxy) is 1. The van der Waals surface area contributed by atoms with Gasteiger partial charge in [0.15, 0.2) is 0 Å². The molecule has 0 saturated heterocycles. The average molecular weight is 264 g/mol. The van der Waals surface area contributed by atoms with E-state index in [9.17, 15) is 0 Å². The fraction of sp³-hybridized carbons (Fsp3) is 0.263. The Labute approximate surface area is 121 Å². The molecule has 0 radical (unpaired) electrons. The van der Waals surface area contributed by atoms with Gasteiger partial charge in [0.25, 0.3) is 0 Å². The van der Waals surface area contributed by atoms with E-state index in [-0.39, 0.29) is 0 Å². The fourth-order valence-corrected chi connectivity index (χ4v) is 1.99. The summed E-state index contributed by atoms with van der Waals surface area (Å²) in [7, 11) is 0. The van der Waals surface area contributed by atoms with Crippen LogP contribution in [0.1, 0.15) is 37.0 Å². The minimum atomic E-state index is 0.690. The minimum Gasteiger partial charge on any atom is -0.494 e. The van der Waals surface area contributed by atoms with Crippen LogP contribution in [0.5, 0.6) is 5.75 Å². The van der Waals surface area contributed by atoms with Crippen molar-refractivity contribution in [1.82, 2.24) is 0 Å². The highest BCUT2D eigenvalue weighted by Crippen LogP contribution is 2.11. The van der Waals surface area contributed by atoms with Gasteiger partial charge in [-0.15, -0.1) is 0 Å². The summed E-state index contributed by atoms with van der Waals surface area (Å²) in [6, 6.07) is 16.4. The van der Waals surface area contributed by atoms with E-state index in [1.807, 2.05) is 31.2 Å². The molecule has 0 fully saturated rings. The lowest BCUT2D eigenvalue weighted by atomic mass is 10.1. The number of rotatable bonds is 4. The van der Waals surface area contributed by atoms with Gasteiger partial charge in [-0.3, -0.25) is 0 Å². The summed E-state index contributed by atoms with van der Waals surface area (Å²) < 4.78 is 5.41. The van der Waals surface area contributed by atoms with Crippen molar-refractivity contribution in [3.05, 3.63) is 65.2 Å².